The molecule has 0 spiro atoms. The second kappa shape index (κ2) is 3.21. The molecular formula is C6H7F3O3S. The molecule has 0 aromatic heterocycles. The molecule has 0 aliphatic heterocycles. The summed E-state index contributed by atoms with van der Waals surface area (Å²) in [7, 11) is -5.45. The first-order valence-corrected chi connectivity index (χ1v) is 4.93. The van der Waals surface area contributed by atoms with Crippen molar-refractivity contribution >= 4 is 10.1 Å². The standard InChI is InChI=1S/C6H7F3O3S/c7-6(8,9)13(10,11)12-5-3-1-2-4-5/h3H,1-2,4H2. The molecular weight excluding hydrogens is 209 g/mol. The van der Waals surface area contributed by atoms with Gasteiger partial charge in [0.2, 0.25) is 0 Å². The zero-order chi connectivity index (χ0) is 10.1. The molecule has 1 aliphatic carbocycles. The van der Waals surface area contributed by atoms with Gasteiger partial charge in [0.15, 0.2) is 0 Å². The Hall–Kier alpha value is -0.720. The number of halogens is 3. The molecule has 0 radical (unpaired) electrons. The fourth-order valence-corrected chi connectivity index (χ4v) is 1.43. The average Bonchev–Trinajstić information content (AvgIpc) is 2.35. The van der Waals surface area contributed by atoms with Crippen LogP contribution in [0.3, 0.4) is 0 Å². The van der Waals surface area contributed by atoms with Crippen LogP contribution in [-0.2, 0) is 14.3 Å². The van der Waals surface area contributed by atoms with Crippen LogP contribution in [0.15, 0.2) is 11.8 Å². The molecule has 0 aromatic carbocycles. The highest BCUT2D eigenvalue weighted by Gasteiger charge is 2.48. The molecule has 0 amide bonds. The third-order valence-electron chi connectivity index (χ3n) is 1.50. The Morgan fingerprint density at radius 1 is 1.38 bits per heavy atom. The van der Waals surface area contributed by atoms with Crippen molar-refractivity contribution in [3.05, 3.63) is 11.8 Å². The molecule has 0 bridgehead atoms. The second-order valence-electron chi connectivity index (χ2n) is 2.55. The maximum Gasteiger partial charge on any atom is 0.534 e. The zero-order valence-electron chi connectivity index (χ0n) is 6.47. The molecule has 3 nitrogen and oxygen atoms in total. The molecule has 1 aliphatic rings. The summed E-state index contributed by atoms with van der Waals surface area (Å²) in [5, 5.41) is 0. The number of allylic oxidation sites excluding steroid dienone is 2. The van der Waals surface area contributed by atoms with Crippen LogP contribution >= 0.6 is 0 Å². The Balaban J connectivity index is 2.73. The van der Waals surface area contributed by atoms with Gasteiger partial charge in [0, 0.05) is 6.42 Å². The lowest BCUT2D eigenvalue weighted by molar-refractivity contribution is -0.0522. The van der Waals surface area contributed by atoms with Crippen molar-refractivity contribution < 1.29 is 25.8 Å². The van der Waals surface area contributed by atoms with E-state index in [9.17, 15) is 21.6 Å². The first-order chi connectivity index (χ1) is 5.83. The highest BCUT2D eigenvalue weighted by atomic mass is 32.2. The molecule has 0 saturated carbocycles. The second-order valence-corrected chi connectivity index (χ2v) is 4.08. The summed E-state index contributed by atoms with van der Waals surface area (Å²) in [5.74, 6) is -0.114. The van der Waals surface area contributed by atoms with Crippen LogP contribution in [0, 0.1) is 0 Å². The highest BCUT2D eigenvalue weighted by Crippen LogP contribution is 2.29. The third kappa shape index (κ3) is 2.36. The van der Waals surface area contributed by atoms with Gasteiger partial charge in [0.1, 0.15) is 5.76 Å². The van der Waals surface area contributed by atoms with Gasteiger partial charge in [-0.1, -0.05) is 0 Å². The Morgan fingerprint density at radius 3 is 2.38 bits per heavy atom. The van der Waals surface area contributed by atoms with Gasteiger partial charge in [0.25, 0.3) is 0 Å². The van der Waals surface area contributed by atoms with E-state index in [2.05, 4.69) is 4.18 Å². The minimum atomic E-state index is -5.45. The molecule has 76 valence electrons. The Bertz CT molecular complexity index is 315. The normalized spacial score (nSPS) is 18.5. The van der Waals surface area contributed by atoms with Crippen molar-refractivity contribution in [2.45, 2.75) is 24.8 Å². The third-order valence-corrected chi connectivity index (χ3v) is 2.50. The van der Waals surface area contributed by atoms with E-state index in [1.807, 2.05) is 0 Å². The first-order valence-electron chi connectivity index (χ1n) is 3.53. The van der Waals surface area contributed by atoms with Crippen molar-refractivity contribution in [3.63, 3.8) is 0 Å². The molecule has 7 heteroatoms. The molecule has 0 saturated heterocycles. The van der Waals surface area contributed by atoms with E-state index in [-0.39, 0.29) is 12.2 Å². The number of rotatable bonds is 2. The molecule has 1 rings (SSSR count). The summed E-state index contributed by atoms with van der Waals surface area (Å²) >= 11 is 0. The number of hydrogen-bond acceptors (Lipinski definition) is 3. The number of alkyl halides is 3. The van der Waals surface area contributed by atoms with Gasteiger partial charge >= 0.3 is 15.6 Å². The van der Waals surface area contributed by atoms with Crippen molar-refractivity contribution in [2.75, 3.05) is 0 Å². The van der Waals surface area contributed by atoms with Crippen LogP contribution in [0.25, 0.3) is 0 Å². The van der Waals surface area contributed by atoms with Gasteiger partial charge in [-0.25, -0.2) is 0 Å². The predicted octanol–water partition coefficient (Wildman–Crippen LogP) is 1.92. The summed E-state index contributed by atoms with van der Waals surface area (Å²) in [6.07, 6.45) is 2.78. The minimum Gasteiger partial charge on any atom is -0.381 e. The van der Waals surface area contributed by atoms with Gasteiger partial charge in [-0.2, -0.15) is 21.6 Å². The lowest BCUT2D eigenvalue weighted by atomic mass is 10.4. The number of hydrogen-bond donors (Lipinski definition) is 0. The molecule has 0 unspecified atom stereocenters. The van der Waals surface area contributed by atoms with Crippen LogP contribution in [-0.4, -0.2) is 13.9 Å². The van der Waals surface area contributed by atoms with Gasteiger partial charge in [0.05, 0.1) is 0 Å². The van der Waals surface area contributed by atoms with Gasteiger partial charge in [-0.15, -0.1) is 0 Å². The SMILES string of the molecule is O=S(=O)(OC1=CCCC1)C(F)(F)F. The maximum absolute atomic E-state index is 11.7. The Labute approximate surface area is 73.3 Å². The smallest absolute Gasteiger partial charge is 0.381 e. The fourth-order valence-electron chi connectivity index (χ4n) is 0.905. The molecule has 0 heterocycles. The maximum atomic E-state index is 11.7. The Kier molecular flexibility index (Phi) is 2.56. The molecule has 0 atom stereocenters. The van der Waals surface area contributed by atoms with Gasteiger partial charge in [-0.3, -0.25) is 0 Å². The van der Waals surface area contributed by atoms with E-state index in [0.29, 0.717) is 12.8 Å². The van der Waals surface area contributed by atoms with Crippen molar-refractivity contribution in [1.29, 1.82) is 0 Å². The van der Waals surface area contributed by atoms with E-state index < -0.39 is 15.6 Å². The summed E-state index contributed by atoms with van der Waals surface area (Å²) in [5.41, 5.74) is -5.34. The van der Waals surface area contributed by atoms with E-state index in [1.165, 1.54) is 6.08 Å². The van der Waals surface area contributed by atoms with Crippen LogP contribution in [0.4, 0.5) is 13.2 Å². The summed E-state index contributed by atoms with van der Waals surface area (Å²) in [4.78, 5) is 0. The quantitative estimate of drug-likeness (QED) is 0.523. The summed E-state index contributed by atoms with van der Waals surface area (Å²) < 4.78 is 60.0. The van der Waals surface area contributed by atoms with E-state index >= 15 is 0 Å². The minimum absolute atomic E-state index is 0.114. The lowest BCUT2D eigenvalue weighted by Gasteiger charge is -2.09. The van der Waals surface area contributed by atoms with E-state index in [1.54, 1.807) is 0 Å². The first kappa shape index (κ1) is 10.4. The van der Waals surface area contributed by atoms with Crippen molar-refractivity contribution in [2.24, 2.45) is 0 Å². The molecule has 13 heavy (non-hydrogen) atoms. The van der Waals surface area contributed by atoms with Gasteiger partial charge in [-0.05, 0) is 18.9 Å². The topological polar surface area (TPSA) is 43.4 Å². The monoisotopic (exact) mass is 216 g/mol. The lowest BCUT2D eigenvalue weighted by Crippen LogP contribution is -2.25. The largest absolute Gasteiger partial charge is 0.534 e. The van der Waals surface area contributed by atoms with Crippen molar-refractivity contribution in [1.82, 2.24) is 0 Å². The van der Waals surface area contributed by atoms with Gasteiger partial charge < -0.3 is 4.18 Å². The Morgan fingerprint density at radius 2 is 2.00 bits per heavy atom. The molecule has 0 N–H and O–H groups in total. The van der Waals surface area contributed by atoms with Crippen LogP contribution in [0.2, 0.25) is 0 Å². The molecule has 0 aromatic rings. The van der Waals surface area contributed by atoms with E-state index in [0.717, 1.165) is 0 Å². The van der Waals surface area contributed by atoms with Crippen LogP contribution in [0.1, 0.15) is 19.3 Å². The molecule has 0 fully saturated rings. The van der Waals surface area contributed by atoms with Crippen LogP contribution in [0.5, 0.6) is 0 Å². The van der Waals surface area contributed by atoms with E-state index in [4.69, 9.17) is 0 Å². The average molecular weight is 216 g/mol. The predicted molar refractivity (Wildman–Crippen MR) is 38.0 cm³/mol. The summed E-state index contributed by atoms with van der Waals surface area (Å²) in [6.45, 7) is 0. The summed E-state index contributed by atoms with van der Waals surface area (Å²) in [6, 6.07) is 0. The fraction of sp³-hybridized carbons (Fsp3) is 0.667. The van der Waals surface area contributed by atoms with Crippen LogP contribution < -0.4 is 0 Å². The highest BCUT2D eigenvalue weighted by molar-refractivity contribution is 7.87. The zero-order valence-corrected chi connectivity index (χ0v) is 7.28. The van der Waals surface area contributed by atoms with Crippen molar-refractivity contribution in [3.8, 4) is 0 Å².